The summed E-state index contributed by atoms with van der Waals surface area (Å²) in [6, 6.07) is 16.0. The molecule has 2 N–H and O–H groups in total. The van der Waals surface area contributed by atoms with E-state index in [0.717, 1.165) is 10.5 Å². The summed E-state index contributed by atoms with van der Waals surface area (Å²) >= 11 is 7.33. The van der Waals surface area contributed by atoms with Crippen LogP contribution in [0, 0.1) is 6.92 Å². The van der Waals surface area contributed by atoms with Crippen molar-refractivity contribution in [1.82, 2.24) is 9.97 Å². The van der Waals surface area contributed by atoms with Crippen LogP contribution < -0.4 is 4.90 Å². The number of nitrogens with zero attached hydrogens (tertiary/aromatic N) is 3. The van der Waals surface area contributed by atoms with Gasteiger partial charge < -0.3 is 10.2 Å². The fourth-order valence-electron chi connectivity index (χ4n) is 4.06. The van der Waals surface area contributed by atoms with Crippen LogP contribution in [0.25, 0.3) is 10.6 Å². The third-order valence-corrected chi connectivity index (χ3v) is 7.11. The van der Waals surface area contributed by atoms with Crippen LogP contribution in [0.15, 0.2) is 84.4 Å². The Bertz CT molecular complexity index is 1490. The molecule has 1 aliphatic rings. The van der Waals surface area contributed by atoms with Gasteiger partial charge in [-0.2, -0.15) is 0 Å². The third-order valence-electron chi connectivity index (χ3n) is 5.67. The maximum Gasteiger partial charge on any atom is 0.294 e. The molecule has 0 bridgehead atoms. The largest absolute Gasteiger partial charge is 0.506 e. The summed E-state index contributed by atoms with van der Waals surface area (Å²) in [5.41, 5.74) is 1.78. The highest BCUT2D eigenvalue weighted by Gasteiger charge is 2.46. The topological polar surface area (TPSA) is 104 Å². The van der Waals surface area contributed by atoms with Crippen LogP contribution in [-0.2, 0) is 4.79 Å². The van der Waals surface area contributed by atoms with Gasteiger partial charge >= 0.3 is 0 Å². The van der Waals surface area contributed by atoms with Gasteiger partial charge in [0.15, 0.2) is 5.76 Å². The number of thiazole rings is 1. The van der Waals surface area contributed by atoms with Crippen molar-refractivity contribution in [3.8, 4) is 16.3 Å². The first-order valence-electron chi connectivity index (χ1n) is 10.6. The molecule has 0 saturated carbocycles. The molecule has 7 nitrogen and oxygen atoms in total. The Kier molecular flexibility index (Phi) is 5.84. The van der Waals surface area contributed by atoms with Gasteiger partial charge in [-0.3, -0.25) is 19.5 Å². The van der Waals surface area contributed by atoms with Crippen molar-refractivity contribution in [3.63, 3.8) is 0 Å². The standard InChI is InChI=1S/C26H18ClN3O4S/c1-14-24(35-25(29-14)15-6-3-2-4-7-15)22(32)20-21(16-8-5-11-28-13-16)30(26(34)23(20)33)18-12-17(27)9-10-19(18)31/h2-13,21,31,33H,1H3. The zero-order valence-corrected chi connectivity index (χ0v) is 19.9. The SMILES string of the molecule is Cc1nc(-c2ccccc2)sc1C(=O)C1=C(O)C(=O)N(c2cc(Cl)ccc2O)C1c1cccnc1. The van der Waals surface area contributed by atoms with Gasteiger partial charge in [0.25, 0.3) is 5.91 Å². The number of aliphatic hydroxyl groups excluding tert-OH is 1. The second kappa shape index (κ2) is 8.98. The summed E-state index contributed by atoms with van der Waals surface area (Å²) in [7, 11) is 0. The van der Waals surface area contributed by atoms with Gasteiger partial charge in [0.1, 0.15) is 10.8 Å². The lowest BCUT2D eigenvalue weighted by molar-refractivity contribution is -0.117. The number of Topliss-reactive ketones (excluding diaryl/α,β-unsaturated/α-hetero) is 1. The zero-order chi connectivity index (χ0) is 24.7. The lowest BCUT2D eigenvalue weighted by Crippen LogP contribution is -2.31. The number of ketones is 1. The Labute approximate surface area is 209 Å². The highest BCUT2D eigenvalue weighted by molar-refractivity contribution is 7.17. The van der Waals surface area contributed by atoms with Gasteiger partial charge in [-0.15, -0.1) is 11.3 Å². The molecule has 174 valence electrons. The molecule has 0 radical (unpaired) electrons. The van der Waals surface area contributed by atoms with Crippen molar-refractivity contribution in [2.75, 3.05) is 4.90 Å². The molecule has 4 aromatic rings. The van der Waals surface area contributed by atoms with Crippen molar-refractivity contribution >= 4 is 40.3 Å². The number of benzene rings is 2. The van der Waals surface area contributed by atoms with E-state index in [0.29, 0.717) is 21.1 Å². The summed E-state index contributed by atoms with van der Waals surface area (Å²) < 4.78 is 0. The van der Waals surface area contributed by atoms with E-state index in [-0.39, 0.29) is 22.0 Å². The molecule has 5 rings (SSSR count). The molecule has 9 heteroatoms. The Morgan fingerprint density at radius 2 is 1.86 bits per heavy atom. The first-order valence-corrected chi connectivity index (χ1v) is 11.8. The summed E-state index contributed by atoms with van der Waals surface area (Å²) in [4.78, 5) is 37.3. The Morgan fingerprint density at radius 3 is 2.57 bits per heavy atom. The highest BCUT2D eigenvalue weighted by atomic mass is 35.5. The number of aromatic hydroxyl groups is 1. The lowest BCUT2D eigenvalue weighted by Gasteiger charge is -2.27. The maximum absolute atomic E-state index is 13.8. The Morgan fingerprint density at radius 1 is 1.09 bits per heavy atom. The van der Waals surface area contributed by atoms with Crippen molar-refractivity contribution in [3.05, 3.63) is 106 Å². The number of aryl methyl sites for hydroxylation is 1. The van der Waals surface area contributed by atoms with Gasteiger partial charge in [-0.05, 0) is 36.8 Å². The molecule has 3 heterocycles. The summed E-state index contributed by atoms with van der Waals surface area (Å²) in [5, 5.41) is 22.4. The van der Waals surface area contributed by atoms with E-state index in [1.54, 1.807) is 25.3 Å². The number of hydrogen-bond acceptors (Lipinski definition) is 7. The molecule has 0 spiro atoms. The molecular weight excluding hydrogens is 486 g/mol. The van der Waals surface area contributed by atoms with Crippen molar-refractivity contribution in [1.29, 1.82) is 0 Å². The van der Waals surface area contributed by atoms with Gasteiger partial charge in [0, 0.05) is 23.0 Å². The average Bonchev–Trinajstić information content (AvgIpc) is 3.39. The van der Waals surface area contributed by atoms with Crippen LogP contribution in [0.5, 0.6) is 5.75 Å². The molecule has 35 heavy (non-hydrogen) atoms. The molecule has 2 aromatic carbocycles. The van der Waals surface area contributed by atoms with Crippen molar-refractivity contribution in [2.45, 2.75) is 13.0 Å². The minimum atomic E-state index is -1.03. The smallest absolute Gasteiger partial charge is 0.294 e. The number of anilines is 1. The van der Waals surface area contributed by atoms with Gasteiger partial charge in [0.2, 0.25) is 5.78 Å². The van der Waals surface area contributed by atoms with Gasteiger partial charge in [-0.25, -0.2) is 4.98 Å². The second-order valence-corrected chi connectivity index (χ2v) is 9.32. The quantitative estimate of drug-likeness (QED) is 0.341. The maximum atomic E-state index is 13.8. The minimum absolute atomic E-state index is 0.0664. The summed E-state index contributed by atoms with van der Waals surface area (Å²) in [6.45, 7) is 1.71. The fraction of sp³-hybridized carbons (Fsp3) is 0.0769. The molecule has 2 aromatic heterocycles. The molecule has 0 fully saturated rings. The molecule has 1 aliphatic heterocycles. The molecule has 1 unspecified atom stereocenters. The average molecular weight is 504 g/mol. The summed E-state index contributed by atoms with van der Waals surface area (Å²) in [6.07, 6.45) is 3.07. The number of carbonyl (C=O) groups excluding carboxylic acids is 2. The van der Waals surface area contributed by atoms with E-state index in [2.05, 4.69) is 9.97 Å². The molecule has 1 amide bonds. The first-order chi connectivity index (χ1) is 16.9. The van der Waals surface area contributed by atoms with Crippen LogP contribution in [0.1, 0.15) is 27.0 Å². The van der Waals surface area contributed by atoms with Crippen LogP contribution >= 0.6 is 22.9 Å². The zero-order valence-electron chi connectivity index (χ0n) is 18.3. The number of hydrogen-bond donors (Lipinski definition) is 2. The fourth-order valence-corrected chi connectivity index (χ4v) is 5.25. The van der Waals surface area contributed by atoms with Crippen LogP contribution in [0.4, 0.5) is 5.69 Å². The molecule has 0 saturated heterocycles. The van der Waals surface area contributed by atoms with E-state index in [4.69, 9.17) is 11.6 Å². The number of rotatable bonds is 5. The highest BCUT2D eigenvalue weighted by Crippen LogP contribution is 2.46. The van der Waals surface area contributed by atoms with Gasteiger partial charge in [0.05, 0.1) is 27.9 Å². The van der Waals surface area contributed by atoms with E-state index < -0.39 is 23.5 Å². The van der Waals surface area contributed by atoms with Crippen molar-refractivity contribution < 1.29 is 19.8 Å². The molecule has 1 atom stereocenters. The third kappa shape index (κ3) is 3.96. The minimum Gasteiger partial charge on any atom is -0.506 e. The number of amides is 1. The van der Waals surface area contributed by atoms with Crippen molar-refractivity contribution in [2.24, 2.45) is 0 Å². The monoisotopic (exact) mass is 503 g/mol. The van der Waals surface area contributed by atoms with E-state index >= 15 is 0 Å². The van der Waals surface area contributed by atoms with Crippen LogP contribution in [-0.4, -0.2) is 31.9 Å². The van der Waals surface area contributed by atoms with Crippen LogP contribution in [0.2, 0.25) is 5.02 Å². The number of aliphatic hydroxyl groups is 1. The van der Waals surface area contributed by atoms with Crippen LogP contribution in [0.3, 0.4) is 0 Å². The van der Waals surface area contributed by atoms with E-state index in [1.165, 1.54) is 35.7 Å². The van der Waals surface area contributed by atoms with E-state index in [1.807, 2.05) is 30.3 Å². The predicted octanol–water partition coefficient (Wildman–Crippen LogP) is 5.66. The number of pyridine rings is 1. The summed E-state index contributed by atoms with van der Waals surface area (Å²) in [5.74, 6) is -2.27. The number of phenols is 1. The predicted molar refractivity (Wildman–Crippen MR) is 134 cm³/mol. The molecule has 0 aliphatic carbocycles. The van der Waals surface area contributed by atoms with Gasteiger partial charge in [-0.1, -0.05) is 48.0 Å². The normalized spacial score (nSPS) is 15.7. The number of aromatic nitrogens is 2. The van der Waals surface area contributed by atoms with E-state index in [9.17, 15) is 19.8 Å². The number of phenolic OH excluding ortho intramolecular Hbond substituents is 1. The molecular formula is C26H18ClN3O4S. The Balaban J connectivity index is 1.65. The first kappa shape index (κ1) is 22.8. The lowest BCUT2D eigenvalue weighted by atomic mass is 9.96. The Hall–Kier alpha value is -4.01. The number of carbonyl (C=O) groups is 2. The second-order valence-electron chi connectivity index (χ2n) is 7.89. The number of halogens is 1.